The molecule has 1 aromatic heterocycles. The molecule has 2 unspecified atom stereocenters. The van der Waals surface area contributed by atoms with Crippen molar-refractivity contribution in [2.24, 2.45) is 5.73 Å². The number of carboxylic acid groups (broad SMARTS) is 1. The van der Waals surface area contributed by atoms with Crippen LogP contribution in [-0.4, -0.2) is 54.5 Å². The molecule has 4 aromatic rings. The van der Waals surface area contributed by atoms with Crippen LogP contribution in [0.4, 0.5) is 36.1 Å². The summed E-state index contributed by atoms with van der Waals surface area (Å²) in [5, 5.41) is 32.5. The van der Waals surface area contributed by atoms with Gasteiger partial charge in [0.15, 0.2) is 7.37 Å². The Labute approximate surface area is 294 Å². The summed E-state index contributed by atoms with van der Waals surface area (Å²) in [4.78, 5) is 38.8. The molecule has 0 radical (unpaired) electrons. The topological polar surface area (TPSA) is 266 Å². The lowest BCUT2D eigenvalue weighted by Gasteiger charge is -2.12. The molecule has 0 aliphatic heterocycles. The lowest BCUT2D eigenvalue weighted by molar-refractivity contribution is -0.384. The molecule has 0 amide bonds. The Morgan fingerprint density at radius 1 is 1.04 bits per heavy atom. The molecule has 3 aromatic carbocycles. The van der Waals surface area contributed by atoms with Gasteiger partial charge in [-0.25, -0.2) is 4.68 Å². The number of hydrogen-bond donors (Lipinski definition) is 5. The Kier molecular flexibility index (Phi) is 14.4. The quantitative estimate of drug-likeness (QED) is 0.0496. The maximum Gasteiger partial charge on any atom is 0.416 e. The van der Waals surface area contributed by atoms with Crippen LogP contribution in [0.25, 0.3) is 5.69 Å². The van der Waals surface area contributed by atoms with E-state index in [9.17, 15) is 42.8 Å². The second-order valence-electron chi connectivity index (χ2n) is 9.86. The Morgan fingerprint density at radius 3 is 2.02 bits per heavy atom. The normalized spacial score (nSPS) is 12.7. The number of anilines is 2. The van der Waals surface area contributed by atoms with Crippen molar-refractivity contribution in [1.29, 1.82) is 0 Å². The predicted molar refractivity (Wildman–Crippen MR) is 180 cm³/mol. The molecule has 50 heavy (non-hydrogen) atoms. The first-order valence-electron chi connectivity index (χ1n) is 13.3. The molecule has 0 bridgehead atoms. The molecule has 0 aliphatic rings. The number of aromatic nitrogens is 2. The van der Waals surface area contributed by atoms with Crippen LogP contribution in [-0.2, 0) is 15.5 Å². The lowest BCUT2D eigenvalue weighted by Crippen LogP contribution is -2.30. The van der Waals surface area contributed by atoms with Gasteiger partial charge in [0.1, 0.15) is 40.1 Å². The number of nitrogens with zero attached hydrogens (tertiary/aromatic N) is 4. The summed E-state index contributed by atoms with van der Waals surface area (Å²) < 4.78 is 54.8. The minimum Gasteiger partial charge on any atom is -0.480 e. The number of halogens is 6. The number of ether oxygens (including phenoxy) is 1. The third-order valence-electron chi connectivity index (χ3n) is 6.00. The number of nitro groups is 2. The Balaban J connectivity index is 0.000000273. The highest BCUT2D eigenvalue weighted by molar-refractivity contribution is 7.57. The monoisotopic (exact) mass is 785 g/mol. The number of carboxylic acids is 1. The van der Waals surface area contributed by atoms with E-state index in [1.807, 2.05) is 6.07 Å². The van der Waals surface area contributed by atoms with Crippen LogP contribution in [0, 0.1) is 20.2 Å². The van der Waals surface area contributed by atoms with Crippen LogP contribution in [0.15, 0.2) is 60.8 Å². The average molecular weight is 787 g/mol. The molecular formula is C27H26Cl3F3N7O9P. The molecule has 16 nitrogen and oxygen atoms in total. The van der Waals surface area contributed by atoms with Crippen molar-refractivity contribution in [3.05, 3.63) is 102 Å². The van der Waals surface area contributed by atoms with Gasteiger partial charge in [0.05, 0.1) is 25.5 Å². The molecule has 4 rings (SSSR count). The lowest BCUT2D eigenvalue weighted by atomic mass is 10.2. The van der Waals surface area contributed by atoms with Gasteiger partial charge in [-0.3, -0.25) is 29.6 Å². The molecule has 23 heteroatoms. The van der Waals surface area contributed by atoms with Gasteiger partial charge in [-0.05, 0) is 36.8 Å². The third kappa shape index (κ3) is 11.7. The molecule has 0 saturated heterocycles. The molecular weight excluding hydrogens is 761 g/mol. The summed E-state index contributed by atoms with van der Waals surface area (Å²) in [5.41, 5.74) is 14.1. The zero-order valence-electron chi connectivity index (χ0n) is 25.3. The fraction of sp³-hybridized carbons (Fsp3) is 0.185. The molecule has 8 N–H and O–H groups in total. The Bertz CT molecular complexity index is 1890. The van der Waals surface area contributed by atoms with E-state index in [1.54, 1.807) is 24.3 Å². The summed E-state index contributed by atoms with van der Waals surface area (Å²) in [7, 11) is -3.10. The largest absolute Gasteiger partial charge is 0.480 e. The molecule has 0 spiro atoms. The number of nitrogen functional groups attached to an aromatic ring is 2. The van der Waals surface area contributed by atoms with Crippen molar-refractivity contribution in [3.63, 3.8) is 0 Å². The van der Waals surface area contributed by atoms with Crippen molar-refractivity contribution in [1.82, 2.24) is 9.78 Å². The maximum absolute atomic E-state index is 12.6. The highest BCUT2D eigenvalue weighted by atomic mass is 35.5. The number of alkyl halides is 3. The van der Waals surface area contributed by atoms with Crippen LogP contribution in [0.1, 0.15) is 12.0 Å². The van der Waals surface area contributed by atoms with Gasteiger partial charge in [0, 0.05) is 18.9 Å². The van der Waals surface area contributed by atoms with Gasteiger partial charge in [-0.2, -0.15) is 18.3 Å². The second kappa shape index (κ2) is 17.3. The standard InChI is InChI=1S/C12H9ClN2O3.C10H5Cl2F3N4O2.C5H12NO4P/c13-11-10(18-8-4-2-1-3-5-8)7-6-9(12(11)14)15(16)17;11-5-1-4(10(13,14)15)2-6(12)8(5)18-9(16)7(3-17-18)19(20)21;1-11(9,10)3-2-4(6)5(7)8/h1-7H,14H2;1-3H,16H2;4H,2-3,6H2,1H3,(H,7,8)(H,9,10). The number of aliphatic carboxylic acids is 1. The summed E-state index contributed by atoms with van der Waals surface area (Å²) in [6, 6.07) is 11.9. The summed E-state index contributed by atoms with van der Waals surface area (Å²) >= 11 is 17.5. The van der Waals surface area contributed by atoms with Crippen molar-refractivity contribution in [2.75, 3.05) is 24.3 Å². The molecule has 0 saturated carbocycles. The molecule has 0 aliphatic carbocycles. The smallest absolute Gasteiger partial charge is 0.416 e. The van der Waals surface area contributed by atoms with Crippen LogP contribution in [0.5, 0.6) is 11.5 Å². The maximum atomic E-state index is 12.6. The zero-order chi connectivity index (χ0) is 38.1. The van der Waals surface area contributed by atoms with E-state index in [0.717, 1.165) is 10.9 Å². The first kappa shape index (κ1) is 41.5. The first-order valence-corrected chi connectivity index (χ1v) is 16.7. The minimum atomic E-state index is -4.63. The number of hydrogen-bond acceptors (Lipinski definition) is 11. The SMILES string of the molecule is CP(=O)(O)CCC(N)C(=O)O.Nc1c([N+](=O)[O-])ccc(Oc2ccccc2)c1Cl.Nc1c([N+](=O)[O-])cnn1-c1c(Cl)cc(C(F)(F)F)cc1Cl. The fourth-order valence-corrected chi connectivity index (χ4v) is 5.12. The Hall–Kier alpha value is -4.65. The van der Waals surface area contributed by atoms with E-state index in [2.05, 4.69) is 5.10 Å². The van der Waals surface area contributed by atoms with E-state index >= 15 is 0 Å². The minimum absolute atomic E-state index is 0.0352. The summed E-state index contributed by atoms with van der Waals surface area (Å²) in [6.07, 6.45) is -3.78. The number of rotatable bonds is 9. The van der Waals surface area contributed by atoms with Crippen molar-refractivity contribution in [2.45, 2.75) is 18.6 Å². The Morgan fingerprint density at radius 2 is 1.58 bits per heavy atom. The highest BCUT2D eigenvalue weighted by Gasteiger charge is 2.33. The predicted octanol–water partition coefficient (Wildman–Crippen LogP) is 7.00. The van der Waals surface area contributed by atoms with Gasteiger partial charge in [0.2, 0.25) is 5.82 Å². The molecule has 0 fully saturated rings. The van der Waals surface area contributed by atoms with Gasteiger partial charge in [-0.1, -0.05) is 53.0 Å². The van der Waals surface area contributed by atoms with Gasteiger partial charge >= 0.3 is 17.8 Å². The molecule has 1 heterocycles. The summed E-state index contributed by atoms with van der Waals surface area (Å²) in [6.45, 7) is 1.18. The number of nitrogens with two attached hydrogens (primary N) is 3. The number of nitro benzene ring substituents is 1. The van der Waals surface area contributed by atoms with E-state index in [1.165, 1.54) is 18.8 Å². The van der Waals surface area contributed by atoms with Crippen LogP contribution in [0.3, 0.4) is 0 Å². The zero-order valence-corrected chi connectivity index (χ0v) is 28.4. The van der Waals surface area contributed by atoms with Crippen molar-refractivity contribution >= 4 is 71.0 Å². The third-order valence-corrected chi connectivity index (χ3v) is 8.05. The first-order chi connectivity index (χ1) is 23.0. The van der Waals surface area contributed by atoms with Crippen molar-refractivity contribution < 1.29 is 47.1 Å². The number of benzene rings is 3. The second-order valence-corrected chi connectivity index (χ2v) is 13.6. The fourth-order valence-electron chi connectivity index (χ4n) is 3.52. The molecule has 270 valence electrons. The van der Waals surface area contributed by atoms with Gasteiger partial charge < -0.3 is 31.9 Å². The van der Waals surface area contributed by atoms with Gasteiger partial charge in [0.25, 0.3) is 5.69 Å². The number of carbonyl (C=O) groups is 1. The number of para-hydroxylation sites is 1. The van der Waals surface area contributed by atoms with Crippen LogP contribution in [0.2, 0.25) is 15.1 Å². The van der Waals surface area contributed by atoms with E-state index < -0.39 is 52.5 Å². The van der Waals surface area contributed by atoms with E-state index in [0.29, 0.717) is 17.9 Å². The van der Waals surface area contributed by atoms with Crippen molar-refractivity contribution in [3.8, 4) is 17.2 Å². The van der Waals surface area contributed by atoms with E-state index in [-0.39, 0.29) is 50.5 Å². The van der Waals surface area contributed by atoms with E-state index in [4.69, 9.17) is 66.7 Å². The highest BCUT2D eigenvalue weighted by Crippen LogP contribution is 2.40. The van der Waals surface area contributed by atoms with Crippen LogP contribution < -0.4 is 21.9 Å². The van der Waals surface area contributed by atoms with Gasteiger partial charge in [-0.15, -0.1) is 0 Å². The molecule has 2 atom stereocenters. The average Bonchev–Trinajstić information content (AvgIpc) is 3.39. The van der Waals surface area contributed by atoms with Crippen LogP contribution >= 0.6 is 42.2 Å². The summed E-state index contributed by atoms with van der Waals surface area (Å²) in [5.74, 6) is -0.680.